The summed E-state index contributed by atoms with van der Waals surface area (Å²) in [6, 6.07) is 0.484. The summed E-state index contributed by atoms with van der Waals surface area (Å²) in [5, 5.41) is 0. The lowest BCUT2D eigenvalue weighted by atomic mass is 10.2. The molecular formula is C11H21BrN2O2. The number of esters is 1. The normalized spacial score (nSPS) is 26.1. The topological polar surface area (TPSA) is 32.8 Å². The number of likely N-dealkylation sites (N-methyl/N-ethyl adjacent to an activating group) is 1. The Morgan fingerprint density at radius 3 is 2.88 bits per heavy atom. The molecule has 0 radical (unpaired) electrons. The van der Waals surface area contributed by atoms with E-state index in [0.29, 0.717) is 6.04 Å². The zero-order chi connectivity index (χ0) is 12.1. The van der Waals surface area contributed by atoms with Crippen LogP contribution in [-0.4, -0.2) is 67.0 Å². The van der Waals surface area contributed by atoms with Crippen molar-refractivity contribution < 1.29 is 9.53 Å². The molecular weight excluding hydrogens is 272 g/mol. The molecule has 4 nitrogen and oxygen atoms in total. The lowest BCUT2D eigenvalue weighted by molar-refractivity contribution is -0.140. The molecule has 0 amide bonds. The molecule has 0 aromatic heterocycles. The standard InChI is InChI=1S/C11H21BrN2O2/c1-9-7-13(2)5-4-6-14(9)8-10(12)11(15)16-3/h9-10H,4-8H2,1-3H3. The molecule has 0 saturated carbocycles. The van der Waals surface area contributed by atoms with Crippen LogP contribution in [-0.2, 0) is 9.53 Å². The fourth-order valence-corrected chi connectivity index (χ4v) is 2.66. The summed E-state index contributed by atoms with van der Waals surface area (Å²) in [5.74, 6) is -0.190. The van der Waals surface area contributed by atoms with E-state index in [2.05, 4.69) is 39.7 Å². The molecule has 0 bridgehead atoms. The van der Waals surface area contributed by atoms with Gasteiger partial charge in [-0.1, -0.05) is 15.9 Å². The lowest BCUT2D eigenvalue weighted by Gasteiger charge is -2.28. The van der Waals surface area contributed by atoms with E-state index in [1.54, 1.807) is 0 Å². The Kier molecular flexibility index (Phi) is 5.72. The van der Waals surface area contributed by atoms with Crippen molar-refractivity contribution in [2.24, 2.45) is 0 Å². The Morgan fingerprint density at radius 1 is 1.56 bits per heavy atom. The van der Waals surface area contributed by atoms with Gasteiger partial charge in [0.2, 0.25) is 0 Å². The number of alkyl halides is 1. The smallest absolute Gasteiger partial charge is 0.320 e. The molecule has 5 heteroatoms. The molecule has 2 unspecified atom stereocenters. The van der Waals surface area contributed by atoms with E-state index in [0.717, 1.165) is 32.6 Å². The zero-order valence-electron chi connectivity index (χ0n) is 10.3. The second-order valence-electron chi connectivity index (χ2n) is 4.45. The first-order chi connectivity index (χ1) is 7.54. The van der Waals surface area contributed by atoms with E-state index in [1.807, 2.05) is 0 Å². The van der Waals surface area contributed by atoms with Crippen molar-refractivity contribution >= 4 is 21.9 Å². The summed E-state index contributed by atoms with van der Waals surface area (Å²) in [4.78, 5) is 15.8. The average molecular weight is 293 g/mol. The van der Waals surface area contributed by atoms with Crippen LogP contribution in [0.3, 0.4) is 0 Å². The molecule has 0 spiro atoms. The molecule has 1 rings (SSSR count). The van der Waals surface area contributed by atoms with E-state index in [1.165, 1.54) is 7.11 Å². The molecule has 1 heterocycles. The van der Waals surface area contributed by atoms with Gasteiger partial charge in [0, 0.05) is 19.1 Å². The number of methoxy groups -OCH3 is 1. The van der Waals surface area contributed by atoms with Crippen LogP contribution in [0.4, 0.5) is 0 Å². The first-order valence-corrected chi connectivity index (χ1v) is 6.60. The van der Waals surface area contributed by atoms with Crippen LogP contribution >= 0.6 is 15.9 Å². The van der Waals surface area contributed by atoms with Crippen LogP contribution in [0.5, 0.6) is 0 Å². The molecule has 1 saturated heterocycles. The van der Waals surface area contributed by atoms with Gasteiger partial charge in [0.1, 0.15) is 4.83 Å². The summed E-state index contributed by atoms with van der Waals surface area (Å²) in [7, 11) is 3.57. The Bertz CT molecular complexity index is 238. The van der Waals surface area contributed by atoms with Gasteiger partial charge in [0.25, 0.3) is 0 Å². The van der Waals surface area contributed by atoms with Crippen molar-refractivity contribution in [3.63, 3.8) is 0 Å². The summed E-state index contributed by atoms with van der Waals surface area (Å²) in [6.45, 7) is 6.16. The molecule has 0 aromatic rings. The molecule has 16 heavy (non-hydrogen) atoms. The van der Waals surface area contributed by atoms with Gasteiger partial charge < -0.3 is 9.64 Å². The van der Waals surface area contributed by atoms with E-state index < -0.39 is 0 Å². The van der Waals surface area contributed by atoms with Gasteiger partial charge in [-0.15, -0.1) is 0 Å². The summed E-state index contributed by atoms with van der Waals surface area (Å²) in [6.07, 6.45) is 1.15. The van der Waals surface area contributed by atoms with Gasteiger partial charge in [-0.25, -0.2) is 0 Å². The molecule has 0 aromatic carbocycles. The Hall–Kier alpha value is -0.130. The minimum absolute atomic E-state index is 0.190. The number of nitrogens with zero attached hydrogens (tertiary/aromatic N) is 2. The highest BCUT2D eigenvalue weighted by Crippen LogP contribution is 2.12. The molecule has 1 aliphatic rings. The maximum Gasteiger partial charge on any atom is 0.320 e. The van der Waals surface area contributed by atoms with E-state index in [4.69, 9.17) is 4.74 Å². The van der Waals surface area contributed by atoms with E-state index >= 15 is 0 Å². The minimum Gasteiger partial charge on any atom is -0.468 e. The molecule has 94 valence electrons. The monoisotopic (exact) mass is 292 g/mol. The highest BCUT2D eigenvalue weighted by molar-refractivity contribution is 9.10. The van der Waals surface area contributed by atoms with Gasteiger partial charge in [-0.3, -0.25) is 9.69 Å². The number of hydrogen-bond acceptors (Lipinski definition) is 4. The van der Waals surface area contributed by atoms with Crippen LogP contribution < -0.4 is 0 Å². The number of carbonyl (C=O) groups excluding carboxylic acids is 1. The Labute approximate surface area is 106 Å². The summed E-state index contributed by atoms with van der Waals surface area (Å²) < 4.78 is 4.72. The van der Waals surface area contributed by atoms with Crippen LogP contribution in [0.25, 0.3) is 0 Å². The second kappa shape index (κ2) is 6.57. The first kappa shape index (κ1) is 13.9. The SMILES string of the molecule is COC(=O)C(Br)CN1CCCN(C)CC1C. The third-order valence-corrected chi connectivity index (χ3v) is 3.70. The third-order valence-electron chi connectivity index (χ3n) is 3.04. The van der Waals surface area contributed by atoms with Gasteiger partial charge in [-0.05, 0) is 33.5 Å². The number of hydrogen-bond donors (Lipinski definition) is 0. The highest BCUT2D eigenvalue weighted by atomic mass is 79.9. The molecule has 0 N–H and O–H groups in total. The average Bonchev–Trinajstić information content (AvgIpc) is 2.39. The van der Waals surface area contributed by atoms with Crippen molar-refractivity contribution in [3.05, 3.63) is 0 Å². The van der Waals surface area contributed by atoms with Crippen molar-refractivity contribution in [2.45, 2.75) is 24.2 Å². The van der Waals surface area contributed by atoms with Crippen molar-refractivity contribution in [3.8, 4) is 0 Å². The fraction of sp³-hybridized carbons (Fsp3) is 0.909. The highest BCUT2D eigenvalue weighted by Gasteiger charge is 2.24. The van der Waals surface area contributed by atoms with Crippen LogP contribution in [0.2, 0.25) is 0 Å². The largest absolute Gasteiger partial charge is 0.468 e. The Morgan fingerprint density at radius 2 is 2.25 bits per heavy atom. The summed E-state index contributed by atoms with van der Waals surface area (Å²) in [5.41, 5.74) is 0. The fourth-order valence-electron chi connectivity index (χ4n) is 2.10. The third kappa shape index (κ3) is 4.03. The Balaban J connectivity index is 2.48. The minimum atomic E-state index is -0.219. The lowest BCUT2D eigenvalue weighted by Crippen LogP contribution is -2.42. The maximum atomic E-state index is 11.3. The van der Waals surface area contributed by atoms with Crippen molar-refractivity contribution in [1.29, 1.82) is 0 Å². The number of carbonyl (C=O) groups is 1. The van der Waals surface area contributed by atoms with Crippen LogP contribution in [0.1, 0.15) is 13.3 Å². The van der Waals surface area contributed by atoms with Crippen molar-refractivity contribution in [1.82, 2.24) is 9.80 Å². The molecule has 2 atom stereocenters. The second-order valence-corrected chi connectivity index (χ2v) is 5.56. The quantitative estimate of drug-likeness (QED) is 0.573. The predicted octanol–water partition coefficient (Wildman–Crippen LogP) is 0.949. The number of ether oxygens (including phenoxy) is 1. The van der Waals surface area contributed by atoms with Gasteiger partial charge in [0.15, 0.2) is 0 Å². The van der Waals surface area contributed by atoms with Crippen molar-refractivity contribution in [2.75, 3.05) is 40.3 Å². The summed E-state index contributed by atoms with van der Waals surface area (Å²) >= 11 is 3.38. The zero-order valence-corrected chi connectivity index (χ0v) is 11.9. The molecule has 1 fully saturated rings. The molecule has 0 aliphatic carbocycles. The van der Waals surface area contributed by atoms with E-state index in [9.17, 15) is 4.79 Å². The number of halogens is 1. The van der Waals surface area contributed by atoms with Gasteiger partial charge in [-0.2, -0.15) is 0 Å². The van der Waals surface area contributed by atoms with Crippen LogP contribution in [0, 0.1) is 0 Å². The number of rotatable bonds is 3. The van der Waals surface area contributed by atoms with Crippen LogP contribution in [0.15, 0.2) is 0 Å². The van der Waals surface area contributed by atoms with E-state index in [-0.39, 0.29) is 10.8 Å². The maximum absolute atomic E-state index is 11.3. The van der Waals surface area contributed by atoms with Gasteiger partial charge in [0.05, 0.1) is 7.11 Å². The van der Waals surface area contributed by atoms with Gasteiger partial charge >= 0.3 is 5.97 Å². The predicted molar refractivity (Wildman–Crippen MR) is 67.9 cm³/mol. The molecule has 1 aliphatic heterocycles. The first-order valence-electron chi connectivity index (χ1n) is 5.69.